The molecule has 1 unspecified atom stereocenters. The average molecular weight is 245 g/mol. The molecule has 0 aromatic heterocycles. The molecule has 16 heavy (non-hydrogen) atoms. The highest BCUT2D eigenvalue weighted by atomic mass is 35.5. The molecule has 0 aliphatic rings. The van der Waals surface area contributed by atoms with E-state index in [0.29, 0.717) is 0 Å². The number of benzene rings is 1. The lowest BCUT2D eigenvalue weighted by molar-refractivity contribution is -0.145. The summed E-state index contributed by atoms with van der Waals surface area (Å²) in [6.45, 7) is 0. The number of carbonyl (C=O) groups is 2. The molecule has 0 amide bonds. The van der Waals surface area contributed by atoms with Gasteiger partial charge in [-0.15, -0.1) is 0 Å². The van der Waals surface area contributed by atoms with Gasteiger partial charge in [0.2, 0.25) is 0 Å². The van der Waals surface area contributed by atoms with Crippen molar-refractivity contribution in [2.45, 2.75) is 12.3 Å². The molecule has 0 radical (unpaired) electrons. The number of hydrogen-bond donors (Lipinski definition) is 3. The van der Waals surface area contributed by atoms with Crippen LogP contribution in [0.4, 0.5) is 0 Å². The fraction of sp³-hybridized carbons (Fsp3) is 0.200. The standard InChI is InChI=1S/C10H9ClO5/c11-7-3-1-2-5(9(7)14)6(10(15)16)4-8(12)13/h1-3,6,14H,4H2,(H,12,13)(H,15,16). The smallest absolute Gasteiger partial charge is 0.311 e. The SMILES string of the molecule is O=C(O)CC(C(=O)O)c1cccc(Cl)c1O. The largest absolute Gasteiger partial charge is 0.506 e. The van der Waals surface area contributed by atoms with E-state index in [-0.39, 0.29) is 10.6 Å². The van der Waals surface area contributed by atoms with Crippen LogP contribution in [0.15, 0.2) is 18.2 Å². The molecule has 1 aromatic rings. The van der Waals surface area contributed by atoms with E-state index in [1.165, 1.54) is 18.2 Å². The van der Waals surface area contributed by atoms with Gasteiger partial charge in [0.15, 0.2) is 0 Å². The van der Waals surface area contributed by atoms with E-state index in [9.17, 15) is 14.7 Å². The van der Waals surface area contributed by atoms with Crippen LogP contribution in [0.25, 0.3) is 0 Å². The van der Waals surface area contributed by atoms with Crippen LogP contribution in [0.2, 0.25) is 5.02 Å². The van der Waals surface area contributed by atoms with Crippen LogP contribution < -0.4 is 0 Å². The Labute approximate surface area is 95.9 Å². The minimum atomic E-state index is -1.32. The summed E-state index contributed by atoms with van der Waals surface area (Å²) in [5.41, 5.74) is 0.00222. The fourth-order valence-electron chi connectivity index (χ4n) is 1.32. The molecule has 1 aromatic carbocycles. The van der Waals surface area contributed by atoms with E-state index in [4.69, 9.17) is 21.8 Å². The highest BCUT2D eigenvalue weighted by molar-refractivity contribution is 6.32. The van der Waals surface area contributed by atoms with E-state index in [1.54, 1.807) is 0 Å². The number of para-hydroxylation sites is 1. The van der Waals surface area contributed by atoms with Gasteiger partial charge < -0.3 is 15.3 Å². The Morgan fingerprint density at radius 2 is 1.94 bits per heavy atom. The third-order valence-corrected chi connectivity index (χ3v) is 2.38. The van der Waals surface area contributed by atoms with Crippen LogP contribution in [0.3, 0.4) is 0 Å². The molecule has 0 heterocycles. The quantitative estimate of drug-likeness (QED) is 0.749. The molecular weight excluding hydrogens is 236 g/mol. The summed E-state index contributed by atoms with van der Waals surface area (Å²) < 4.78 is 0. The first-order valence-electron chi connectivity index (χ1n) is 4.35. The summed E-state index contributed by atoms with van der Waals surface area (Å²) in [7, 11) is 0. The van der Waals surface area contributed by atoms with E-state index in [2.05, 4.69) is 0 Å². The fourth-order valence-corrected chi connectivity index (χ4v) is 1.50. The summed E-state index contributed by atoms with van der Waals surface area (Å²) in [5, 5.41) is 27.0. The third-order valence-electron chi connectivity index (χ3n) is 2.07. The number of aromatic hydroxyl groups is 1. The van der Waals surface area contributed by atoms with Gasteiger partial charge in [-0.1, -0.05) is 23.7 Å². The van der Waals surface area contributed by atoms with Crippen LogP contribution in [0.5, 0.6) is 5.75 Å². The second-order valence-electron chi connectivity index (χ2n) is 3.17. The molecule has 0 aliphatic carbocycles. The number of carboxylic acid groups (broad SMARTS) is 2. The van der Waals surface area contributed by atoms with Crippen molar-refractivity contribution >= 4 is 23.5 Å². The van der Waals surface area contributed by atoms with Crippen LogP contribution >= 0.6 is 11.6 Å². The van der Waals surface area contributed by atoms with E-state index < -0.39 is 30.0 Å². The Morgan fingerprint density at radius 3 is 2.44 bits per heavy atom. The first-order valence-corrected chi connectivity index (χ1v) is 4.73. The molecule has 1 rings (SSSR count). The summed E-state index contributed by atoms with van der Waals surface area (Å²) in [5.74, 6) is -4.28. The van der Waals surface area contributed by atoms with E-state index in [1.807, 2.05) is 0 Å². The Balaban J connectivity index is 3.16. The molecule has 0 saturated carbocycles. The topological polar surface area (TPSA) is 94.8 Å². The van der Waals surface area contributed by atoms with Crippen molar-refractivity contribution in [1.82, 2.24) is 0 Å². The van der Waals surface area contributed by atoms with Gasteiger partial charge in [-0.3, -0.25) is 9.59 Å². The van der Waals surface area contributed by atoms with Crippen LogP contribution in [0, 0.1) is 0 Å². The lowest BCUT2D eigenvalue weighted by Crippen LogP contribution is -2.16. The van der Waals surface area contributed by atoms with Crippen molar-refractivity contribution in [3.63, 3.8) is 0 Å². The van der Waals surface area contributed by atoms with Gasteiger partial charge in [0.25, 0.3) is 0 Å². The van der Waals surface area contributed by atoms with Crippen molar-refractivity contribution < 1.29 is 24.9 Å². The molecular formula is C10H9ClO5. The molecule has 0 spiro atoms. The number of rotatable bonds is 4. The number of halogens is 1. The second-order valence-corrected chi connectivity index (χ2v) is 3.57. The Hall–Kier alpha value is -1.75. The molecule has 0 fully saturated rings. The van der Waals surface area contributed by atoms with Crippen molar-refractivity contribution in [2.24, 2.45) is 0 Å². The number of carboxylic acids is 2. The predicted octanol–water partition coefficient (Wildman–Crippen LogP) is 1.69. The van der Waals surface area contributed by atoms with Gasteiger partial charge in [0.05, 0.1) is 17.4 Å². The normalized spacial score (nSPS) is 12.1. The van der Waals surface area contributed by atoms with Crippen molar-refractivity contribution in [1.29, 1.82) is 0 Å². The maximum Gasteiger partial charge on any atom is 0.311 e. The van der Waals surface area contributed by atoms with Crippen molar-refractivity contribution in [2.75, 3.05) is 0 Å². The molecule has 1 atom stereocenters. The van der Waals surface area contributed by atoms with Crippen LogP contribution in [0.1, 0.15) is 17.9 Å². The summed E-state index contributed by atoms with van der Waals surface area (Å²) in [6.07, 6.45) is -0.608. The first kappa shape index (κ1) is 12.3. The second kappa shape index (κ2) is 4.85. The Morgan fingerprint density at radius 1 is 1.31 bits per heavy atom. The van der Waals surface area contributed by atoms with Gasteiger partial charge in [-0.25, -0.2) is 0 Å². The first-order chi connectivity index (χ1) is 7.43. The summed E-state index contributed by atoms with van der Waals surface area (Å²) >= 11 is 5.61. The molecule has 0 bridgehead atoms. The number of aliphatic carboxylic acids is 2. The monoisotopic (exact) mass is 244 g/mol. The predicted molar refractivity (Wildman–Crippen MR) is 55.7 cm³/mol. The van der Waals surface area contributed by atoms with E-state index >= 15 is 0 Å². The van der Waals surface area contributed by atoms with Gasteiger partial charge in [-0.05, 0) is 6.07 Å². The molecule has 0 saturated heterocycles. The van der Waals surface area contributed by atoms with E-state index in [0.717, 1.165) is 0 Å². The van der Waals surface area contributed by atoms with Gasteiger partial charge in [-0.2, -0.15) is 0 Å². The average Bonchev–Trinajstić information content (AvgIpc) is 2.18. The number of hydrogen-bond acceptors (Lipinski definition) is 3. The minimum absolute atomic E-state index is 0.00222. The zero-order valence-electron chi connectivity index (χ0n) is 8.05. The zero-order chi connectivity index (χ0) is 12.3. The number of phenols is 1. The molecule has 3 N–H and O–H groups in total. The minimum Gasteiger partial charge on any atom is -0.506 e. The maximum atomic E-state index is 10.9. The van der Waals surface area contributed by atoms with Crippen LogP contribution in [-0.2, 0) is 9.59 Å². The summed E-state index contributed by atoms with van der Waals surface area (Å²) in [4.78, 5) is 21.4. The molecule has 5 nitrogen and oxygen atoms in total. The zero-order valence-corrected chi connectivity index (χ0v) is 8.81. The molecule has 0 aliphatic heterocycles. The highest BCUT2D eigenvalue weighted by Crippen LogP contribution is 2.34. The Bertz CT molecular complexity index is 429. The van der Waals surface area contributed by atoms with Gasteiger partial charge in [0.1, 0.15) is 5.75 Å². The lowest BCUT2D eigenvalue weighted by Gasteiger charge is -2.12. The Kier molecular flexibility index (Phi) is 3.73. The third kappa shape index (κ3) is 2.64. The van der Waals surface area contributed by atoms with Gasteiger partial charge >= 0.3 is 11.9 Å². The maximum absolute atomic E-state index is 10.9. The van der Waals surface area contributed by atoms with Crippen molar-refractivity contribution in [3.8, 4) is 5.75 Å². The molecule has 86 valence electrons. The number of phenolic OH excluding ortho intramolecular Hbond substituents is 1. The van der Waals surface area contributed by atoms with Gasteiger partial charge in [0, 0.05) is 5.56 Å². The summed E-state index contributed by atoms with van der Waals surface area (Å²) in [6, 6.07) is 4.18. The molecule has 6 heteroatoms. The van der Waals surface area contributed by atoms with Crippen LogP contribution in [-0.4, -0.2) is 27.3 Å². The van der Waals surface area contributed by atoms with Crippen molar-refractivity contribution in [3.05, 3.63) is 28.8 Å². The highest BCUT2D eigenvalue weighted by Gasteiger charge is 2.26. The lowest BCUT2D eigenvalue weighted by atomic mass is 9.95.